The number of imidazole rings is 1. The Bertz CT molecular complexity index is 303. The third-order valence-corrected chi connectivity index (χ3v) is 1.38. The molecule has 0 saturated heterocycles. The van der Waals surface area contributed by atoms with Crippen molar-refractivity contribution >= 4 is 5.78 Å². The monoisotopic (exact) mass is 162 g/mol. The van der Waals surface area contributed by atoms with Crippen LogP contribution in [0.1, 0.15) is 13.3 Å². The van der Waals surface area contributed by atoms with E-state index in [-0.39, 0.29) is 5.78 Å². The highest BCUT2D eigenvalue weighted by atomic mass is 16.1. The molecule has 62 valence electrons. The van der Waals surface area contributed by atoms with Gasteiger partial charge in [0.15, 0.2) is 5.78 Å². The lowest BCUT2D eigenvalue weighted by atomic mass is 10.3. The first kappa shape index (κ1) is 8.54. The van der Waals surface area contributed by atoms with E-state index in [1.807, 2.05) is 0 Å². The normalized spacial score (nSPS) is 8.75. The van der Waals surface area contributed by atoms with Crippen LogP contribution in [0.2, 0.25) is 0 Å². The summed E-state index contributed by atoms with van der Waals surface area (Å²) >= 11 is 0. The van der Waals surface area contributed by atoms with Crippen LogP contribution < -0.4 is 0 Å². The minimum Gasteiger partial charge on any atom is -0.330 e. The smallest absolute Gasteiger partial charge is 0.164 e. The fourth-order valence-corrected chi connectivity index (χ4v) is 0.827. The molecule has 0 spiro atoms. The van der Waals surface area contributed by atoms with Crippen LogP contribution in [0.3, 0.4) is 0 Å². The van der Waals surface area contributed by atoms with E-state index in [0.717, 1.165) is 0 Å². The standard InChI is InChI=1S/C9H10N2O/c1-2-3-4-9(12)7-11-6-5-10-8-11/h5-6,8H,4,7H2,1H3. The summed E-state index contributed by atoms with van der Waals surface area (Å²) in [7, 11) is 0. The Morgan fingerprint density at radius 2 is 2.50 bits per heavy atom. The lowest BCUT2D eigenvalue weighted by molar-refractivity contribution is -0.118. The molecule has 0 aliphatic rings. The molecule has 0 amide bonds. The Morgan fingerprint density at radius 3 is 3.08 bits per heavy atom. The van der Waals surface area contributed by atoms with Gasteiger partial charge in [-0.25, -0.2) is 4.98 Å². The Balaban J connectivity index is 2.40. The molecule has 0 aliphatic carbocycles. The molecule has 0 aromatic carbocycles. The van der Waals surface area contributed by atoms with Crippen molar-refractivity contribution in [1.82, 2.24) is 9.55 Å². The van der Waals surface area contributed by atoms with Crippen LogP contribution in [0.15, 0.2) is 18.7 Å². The van der Waals surface area contributed by atoms with Gasteiger partial charge in [0.05, 0.1) is 19.3 Å². The molecular formula is C9H10N2O. The number of rotatable bonds is 3. The van der Waals surface area contributed by atoms with E-state index in [1.165, 1.54) is 0 Å². The van der Waals surface area contributed by atoms with Gasteiger partial charge in [-0.3, -0.25) is 4.79 Å². The average Bonchev–Trinajstić information content (AvgIpc) is 2.53. The van der Waals surface area contributed by atoms with Crippen molar-refractivity contribution in [2.45, 2.75) is 19.9 Å². The molecule has 0 aliphatic heterocycles. The van der Waals surface area contributed by atoms with E-state index in [2.05, 4.69) is 16.8 Å². The molecular weight excluding hydrogens is 152 g/mol. The van der Waals surface area contributed by atoms with Crippen LogP contribution >= 0.6 is 0 Å². The van der Waals surface area contributed by atoms with E-state index in [0.29, 0.717) is 13.0 Å². The predicted octanol–water partition coefficient (Wildman–Crippen LogP) is 0.866. The van der Waals surface area contributed by atoms with Gasteiger partial charge in [-0.15, -0.1) is 5.92 Å². The van der Waals surface area contributed by atoms with Crippen LogP contribution in [-0.2, 0) is 11.3 Å². The van der Waals surface area contributed by atoms with Gasteiger partial charge < -0.3 is 4.57 Å². The maximum atomic E-state index is 11.1. The average molecular weight is 162 g/mol. The molecule has 1 aromatic heterocycles. The van der Waals surface area contributed by atoms with Crippen molar-refractivity contribution in [3.05, 3.63) is 18.7 Å². The summed E-state index contributed by atoms with van der Waals surface area (Å²) in [5.41, 5.74) is 0. The van der Waals surface area contributed by atoms with Crippen LogP contribution in [0.5, 0.6) is 0 Å². The maximum absolute atomic E-state index is 11.1. The lowest BCUT2D eigenvalue weighted by Gasteiger charge is -1.96. The van der Waals surface area contributed by atoms with Gasteiger partial charge in [-0.1, -0.05) is 5.92 Å². The fraction of sp³-hybridized carbons (Fsp3) is 0.333. The van der Waals surface area contributed by atoms with Crippen molar-refractivity contribution in [2.24, 2.45) is 0 Å². The highest BCUT2D eigenvalue weighted by Crippen LogP contribution is 1.89. The van der Waals surface area contributed by atoms with Gasteiger partial charge in [0.25, 0.3) is 0 Å². The molecule has 12 heavy (non-hydrogen) atoms. The molecule has 1 rings (SSSR count). The first-order valence-corrected chi connectivity index (χ1v) is 3.70. The van der Waals surface area contributed by atoms with Gasteiger partial charge in [0, 0.05) is 12.4 Å². The number of Topliss-reactive ketones (excluding diaryl/α,β-unsaturated/α-hetero) is 1. The van der Waals surface area contributed by atoms with Crippen LogP contribution in [0.25, 0.3) is 0 Å². The Labute approximate surface area is 71.4 Å². The number of nitrogens with zero attached hydrogens (tertiary/aromatic N) is 2. The quantitative estimate of drug-likeness (QED) is 0.618. The second kappa shape index (κ2) is 4.35. The second-order valence-corrected chi connectivity index (χ2v) is 2.38. The molecule has 0 fully saturated rings. The summed E-state index contributed by atoms with van der Waals surface area (Å²) in [5, 5.41) is 0. The summed E-state index contributed by atoms with van der Waals surface area (Å²) in [6.45, 7) is 2.10. The van der Waals surface area contributed by atoms with Crippen molar-refractivity contribution in [3.63, 3.8) is 0 Å². The number of ketones is 1. The largest absolute Gasteiger partial charge is 0.330 e. The van der Waals surface area contributed by atoms with Crippen LogP contribution in [0.4, 0.5) is 0 Å². The molecule has 0 radical (unpaired) electrons. The van der Waals surface area contributed by atoms with Gasteiger partial charge in [-0.05, 0) is 6.92 Å². The van der Waals surface area contributed by atoms with Gasteiger partial charge in [0.1, 0.15) is 0 Å². The van der Waals surface area contributed by atoms with E-state index >= 15 is 0 Å². The number of aromatic nitrogens is 2. The van der Waals surface area contributed by atoms with Crippen molar-refractivity contribution in [2.75, 3.05) is 0 Å². The molecule has 0 saturated carbocycles. The minimum atomic E-state index is 0.113. The van der Waals surface area contributed by atoms with Gasteiger partial charge in [0.2, 0.25) is 0 Å². The third-order valence-electron chi connectivity index (χ3n) is 1.38. The van der Waals surface area contributed by atoms with E-state index in [1.54, 1.807) is 30.2 Å². The fourth-order valence-electron chi connectivity index (χ4n) is 0.827. The summed E-state index contributed by atoms with van der Waals surface area (Å²) in [6.07, 6.45) is 5.36. The summed E-state index contributed by atoms with van der Waals surface area (Å²) in [6, 6.07) is 0. The van der Waals surface area contributed by atoms with Gasteiger partial charge >= 0.3 is 0 Å². The highest BCUT2D eigenvalue weighted by molar-refractivity contribution is 5.80. The first-order valence-electron chi connectivity index (χ1n) is 3.70. The SMILES string of the molecule is CC#CCC(=O)Cn1ccnc1. The third kappa shape index (κ3) is 2.59. The Morgan fingerprint density at radius 1 is 1.67 bits per heavy atom. The van der Waals surface area contributed by atoms with Crippen LogP contribution in [-0.4, -0.2) is 15.3 Å². The zero-order valence-corrected chi connectivity index (χ0v) is 6.95. The van der Waals surface area contributed by atoms with Gasteiger partial charge in [-0.2, -0.15) is 0 Å². The topological polar surface area (TPSA) is 34.9 Å². The summed E-state index contributed by atoms with van der Waals surface area (Å²) in [5.74, 6) is 5.52. The van der Waals surface area contributed by atoms with E-state index in [9.17, 15) is 4.79 Å². The lowest BCUT2D eigenvalue weighted by Crippen LogP contribution is -2.06. The Hall–Kier alpha value is -1.56. The summed E-state index contributed by atoms with van der Waals surface area (Å²) < 4.78 is 1.74. The number of hydrogen-bond donors (Lipinski definition) is 0. The molecule has 3 nitrogen and oxygen atoms in total. The highest BCUT2D eigenvalue weighted by Gasteiger charge is 1.98. The van der Waals surface area contributed by atoms with Crippen molar-refractivity contribution < 1.29 is 4.79 Å². The van der Waals surface area contributed by atoms with Crippen molar-refractivity contribution in [1.29, 1.82) is 0 Å². The first-order chi connectivity index (χ1) is 5.83. The minimum absolute atomic E-state index is 0.113. The summed E-state index contributed by atoms with van der Waals surface area (Å²) in [4.78, 5) is 14.9. The predicted molar refractivity (Wildman–Crippen MR) is 45.3 cm³/mol. The molecule has 1 heterocycles. The van der Waals surface area contributed by atoms with Crippen molar-refractivity contribution in [3.8, 4) is 11.8 Å². The zero-order chi connectivity index (χ0) is 8.81. The number of carbonyl (C=O) groups excluding carboxylic acids is 1. The number of hydrogen-bond acceptors (Lipinski definition) is 2. The maximum Gasteiger partial charge on any atom is 0.164 e. The van der Waals surface area contributed by atoms with Crippen LogP contribution in [0, 0.1) is 11.8 Å². The molecule has 0 bridgehead atoms. The molecule has 0 unspecified atom stereocenters. The molecule has 0 N–H and O–H groups in total. The molecule has 0 atom stereocenters. The Kier molecular flexibility index (Phi) is 3.09. The zero-order valence-electron chi connectivity index (χ0n) is 6.95. The molecule has 3 heteroatoms. The van der Waals surface area contributed by atoms with E-state index in [4.69, 9.17) is 0 Å². The second-order valence-electron chi connectivity index (χ2n) is 2.38. The van der Waals surface area contributed by atoms with E-state index < -0.39 is 0 Å². The number of carbonyl (C=O) groups is 1. The molecule has 1 aromatic rings.